The number of aromatic nitrogens is 1. The summed E-state index contributed by atoms with van der Waals surface area (Å²) in [5.74, 6) is 1.10. The van der Waals surface area contributed by atoms with Gasteiger partial charge in [0.05, 0.1) is 11.6 Å². The van der Waals surface area contributed by atoms with E-state index in [-0.39, 0.29) is 0 Å². The van der Waals surface area contributed by atoms with Gasteiger partial charge in [-0.2, -0.15) is 5.26 Å². The minimum absolute atomic E-state index is 0.685. The number of nitriles is 1. The Morgan fingerprint density at radius 1 is 1.00 bits per heavy atom. The SMILES string of the molecule is N#Cc1ccc(CN2CC(N3CCN(c4ccccn4)CC3)C2)cc1. The van der Waals surface area contributed by atoms with Crippen molar-refractivity contribution in [3.8, 4) is 6.07 Å². The maximum absolute atomic E-state index is 8.86. The zero-order chi connectivity index (χ0) is 17.1. The monoisotopic (exact) mass is 333 g/mol. The van der Waals surface area contributed by atoms with E-state index < -0.39 is 0 Å². The van der Waals surface area contributed by atoms with Gasteiger partial charge in [0, 0.05) is 58.1 Å². The van der Waals surface area contributed by atoms with Crippen LogP contribution in [0, 0.1) is 11.3 Å². The molecule has 2 aromatic rings. The molecular formula is C20H23N5. The molecule has 0 amide bonds. The molecule has 5 heteroatoms. The Morgan fingerprint density at radius 3 is 2.40 bits per heavy atom. The maximum Gasteiger partial charge on any atom is 0.128 e. The third-order valence-corrected chi connectivity index (χ3v) is 5.23. The van der Waals surface area contributed by atoms with Gasteiger partial charge < -0.3 is 4.90 Å². The third kappa shape index (κ3) is 3.65. The van der Waals surface area contributed by atoms with Gasteiger partial charge in [-0.3, -0.25) is 9.80 Å². The molecule has 2 fully saturated rings. The molecule has 0 atom stereocenters. The fraction of sp³-hybridized carbons (Fsp3) is 0.400. The lowest BCUT2D eigenvalue weighted by Crippen LogP contribution is -2.62. The summed E-state index contributed by atoms with van der Waals surface area (Å²) in [7, 11) is 0. The zero-order valence-electron chi connectivity index (χ0n) is 14.4. The van der Waals surface area contributed by atoms with Crippen molar-refractivity contribution >= 4 is 5.82 Å². The lowest BCUT2D eigenvalue weighted by atomic mass is 10.0. The molecule has 25 heavy (non-hydrogen) atoms. The van der Waals surface area contributed by atoms with Crippen LogP contribution in [0.1, 0.15) is 11.1 Å². The molecule has 0 N–H and O–H groups in total. The van der Waals surface area contributed by atoms with E-state index in [4.69, 9.17) is 5.26 Å². The zero-order valence-corrected chi connectivity index (χ0v) is 14.4. The number of benzene rings is 1. The predicted molar refractivity (Wildman–Crippen MR) is 98.2 cm³/mol. The molecule has 2 aliphatic heterocycles. The minimum atomic E-state index is 0.685. The molecule has 2 aliphatic rings. The average molecular weight is 333 g/mol. The summed E-state index contributed by atoms with van der Waals surface area (Å²) in [6.07, 6.45) is 1.87. The molecule has 1 aromatic carbocycles. The Morgan fingerprint density at radius 2 is 1.76 bits per heavy atom. The highest BCUT2D eigenvalue weighted by atomic mass is 15.4. The van der Waals surface area contributed by atoms with Crippen molar-refractivity contribution in [3.63, 3.8) is 0 Å². The van der Waals surface area contributed by atoms with E-state index in [1.54, 1.807) is 0 Å². The number of piperazine rings is 1. The van der Waals surface area contributed by atoms with E-state index >= 15 is 0 Å². The van der Waals surface area contributed by atoms with E-state index in [2.05, 4.69) is 50.0 Å². The number of nitrogens with zero attached hydrogens (tertiary/aromatic N) is 5. The second-order valence-electron chi connectivity index (χ2n) is 6.87. The van der Waals surface area contributed by atoms with Crippen LogP contribution in [0.25, 0.3) is 0 Å². The highest BCUT2D eigenvalue weighted by molar-refractivity contribution is 5.38. The first-order valence-electron chi connectivity index (χ1n) is 8.93. The lowest BCUT2D eigenvalue weighted by molar-refractivity contribution is 0.0255. The van der Waals surface area contributed by atoms with E-state index in [1.165, 1.54) is 5.56 Å². The molecule has 2 saturated heterocycles. The summed E-state index contributed by atoms with van der Waals surface area (Å²) in [5.41, 5.74) is 2.02. The molecule has 5 nitrogen and oxygen atoms in total. The van der Waals surface area contributed by atoms with Gasteiger partial charge in [0.2, 0.25) is 0 Å². The molecule has 3 heterocycles. The van der Waals surface area contributed by atoms with Crippen LogP contribution in [0.5, 0.6) is 0 Å². The van der Waals surface area contributed by atoms with Crippen LogP contribution in [0.3, 0.4) is 0 Å². The number of hydrogen-bond donors (Lipinski definition) is 0. The van der Waals surface area contributed by atoms with E-state index in [0.29, 0.717) is 6.04 Å². The van der Waals surface area contributed by atoms with Crippen LogP contribution in [0.2, 0.25) is 0 Å². The molecule has 1 aromatic heterocycles. The van der Waals surface area contributed by atoms with Gasteiger partial charge in [-0.15, -0.1) is 0 Å². The van der Waals surface area contributed by atoms with E-state index in [1.807, 2.05) is 24.4 Å². The van der Waals surface area contributed by atoms with Crippen LogP contribution in [0.15, 0.2) is 48.7 Å². The first-order chi connectivity index (χ1) is 12.3. The van der Waals surface area contributed by atoms with Crippen LogP contribution in [-0.4, -0.2) is 60.1 Å². The molecule has 0 saturated carbocycles. The van der Waals surface area contributed by atoms with Gasteiger partial charge >= 0.3 is 0 Å². The van der Waals surface area contributed by atoms with Crippen molar-refractivity contribution in [2.75, 3.05) is 44.2 Å². The fourth-order valence-corrected chi connectivity index (χ4v) is 3.70. The van der Waals surface area contributed by atoms with Crippen LogP contribution in [-0.2, 0) is 6.54 Å². The van der Waals surface area contributed by atoms with Gasteiger partial charge in [0.15, 0.2) is 0 Å². The third-order valence-electron chi connectivity index (χ3n) is 5.23. The molecule has 128 valence electrons. The maximum atomic E-state index is 8.86. The van der Waals surface area contributed by atoms with E-state index in [9.17, 15) is 0 Å². The van der Waals surface area contributed by atoms with Crippen LogP contribution >= 0.6 is 0 Å². The van der Waals surface area contributed by atoms with Crippen molar-refractivity contribution in [1.82, 2.24) is 14.8 Å². The number of rotatable bonds is 4. The summed E-state index contributed by atoms with van der Waals surface area (Å²) < 4.78 is 0. The number of likely N-dealkylation sites (tertiary alicyclic amines) is 1. The largest absolute Gasteiger partial charge is 0.354 e. The molecule has 4 rings (SSSR count). The lowest BCUT2D eigenvalue weighted by Gasteiger charge is -2.48. The molecule has 0 aliphatic carbocycles. The molecule has 0 unspecified atom stereocenters. The van der Waals surface area contributed by atoms with Crippen LogP contribution in [0.4, 0.5) is 5.82 Å². The Hall–Kier alpha value is -2.42. The van der Waals surface area contributed by atoms with Gasteiger partial charge in [-0.05, 0) is 29.8 Å². The Balaban J connectivity index is 1.23. The van der Waals surface area contributed by atoms with Crippen LogP contribution < -0.4 is 4.90 Å². The second-order valence-corrected chi connectivity index (χ2v) is 6.87. The first-order valence-corrected chi connectivity index (χ1v) is 8.93. The summed E-state index contributed by atoms with van der Waals surface area (Å²) in [6.45, 7) is 7.62. The van der Waals surface area contributed by atoms with Crippen molar-refractivity contribution in [3.05, 3.63) is 59.8 Å². The number of hydrogen-bond acceptors (Lipinski definition) is 5. The number of anilines is 1. The van der Waals surface area contributed by atoms with Gasteiger partial charge in [-0.1, -0.05) is 18.2 Å². The number of pyridine rings is 1. The minimum Gasteiger partial charge on any atom is -0.354 e. The van der Waals surface area contributed by atoms with Crippen molar-refractivity contribution in [1.29, 1.82) is 5.26 Å². The average Bonchev–Trinajstić information content (AvgIpc) is 2.66. The van der Waals surface area contributed by atoms with Gasteiger partial charge in [0.25, 0.3) is 0 Å². The quantitative estimate of drug-likeness (QED) is 0.856. The van der Waals surface area contributed by atoms with Crippen molar-refractivity contribution in [2.24, 2.45) is 0 Å². The first kappa shape index (κ1) is 16.1. The Labute approximate surface area is 149 Å². The normalized spacial score (nSPS) is 19.4. The van der Waals surface area contributed by atoms with Crippen molar-refractivity contribution in [2.45, 2.75) is 12.6 Å². The van der Waals surface area contributed by atoms with Crippen molar-refractivity contribution < 1.29 is 0 Å². The van der Waals surface area contributed by atoms with Gasteiger partial charge in [-0.25, -0.2) is 4.98 Å². The van der Waals surface area contributed by atoms with E-state index in [0.717, 1.165) is 57.2 Å². The Bertz CT molecular complexity index is 723. The topological polar surface area (TPSA) is 46.4 Å². The highest BCUT2D eigenvalue weighted by Gasteiger charge is 2.33. The summed E-state index contributed by atoms with van der Waals surface area (Å²) in [4.78, 5) is 11.9. The summed E-state index contributed by atoms with van der Waals surface area (Å²) in [5, 5.41) is 8.86. The predicted octanol–water partition coefficient (Wildman–Crippen LogP) is 1.96. The highest BCUT2D eigenvalue weighted by Crippen LogP contribution is 2.21. The summed E-state index contributed by atoms with van der Waals surface area (Å²) >= 11 is 0. The Kier molecular flexibility index (Phi) is 4.64. The molecule has 0 spiro atoms. The van der Waals surface area contributed by atoms with Gasteiger partial charge in [0.1, 0.15) is 5.82 Å². The second kappa shape index (κ2) is 7.22. The fourth-order valence-electron chi connectivity index (χ4n) is 3.70. The molecular weight excluding hydrogens is 310 g/mol. The smallest absolute Gasteiger partial charge is 0.128 e. The molecule has 0 radical (unpaired) electrons. The summed E-state index contributed by atoms with van der Waals surface area (Å²) in [6, 6.07) is 16.9. The standard InChI is InChI=1S/C20H23N5/c21-13-17-4-6-18(7-5-17)14-23-15-19(16-23)24-9-11-25(12-10-24)20-3-1-2-8-22-20/h1-8,19H,9-12,14-16H2. The molecule has 0 bridgehead atoms.